The smallest absolute Gasteiger partial charge is 0.407 e. The van der Waals surface area contributed by atoms with E-state index in [4.69, 9.17) is 9.47 Å². The van der Waals surface area contributed by atoms with Crippen molar-refractivity contribution in [1.29, 1.82) is 0 Å². The molecule has 1 amide bonds. The number of halogens is 1. The number of rotatable bonds is 3. The second-order valence-electron chi connectivity index (χ2n) is 5.33. The minimum absolute atomic E-state index is 0.422. The van der Waals surface area contributed by atoms with Gasteiger partial charge >= 0.3 is 6.09 Å². The predicted octanol–water partition coefficient (Wildman–Crippen LogP) is 3.72. The minimum Gasteiger partial charge on any atom is -0.496 e. The summed E-state index contributed by atoms with van der Waals surface area (Å²) in [7, 11) is 1.61. The quantitative estimate of drug-likeness (QED) is 0.665. The van der Waals surface area contributed by atoms with Gasteiger partial charge in [0, 0.05) is 18.5 Å². The maximum Gasteiger partial charge on any atom is 0.407 e. The van der Waals surface area contributed by atoms with Crippen molar-refractivity contribution in [1.82, 2.24) is 5.32 Å². The number of methoxy groups -OCH3 is 1. The van der Waals surface area contributed by atoms with Crippen LogP contribution in [-0.2, 0) is 4.74 Å². The summed E-state index contributed by atoms with van der Waals surface area (Å²) in [5.74, 6) is 6.77. The lowest BCUT2D eigenvalue weighted by atomic mass is 10.2. The van der Waals surface area contributed by atoms with Gasteiger partial charge in [-0.3, -0.25) is 0 Å². The Kier molecular flexibility index (Phi) is 6.57. The van der Waals surface area contributed by atoms with Crippen molar-refractivity contribution >= 4 is 22.0 Å². The van der Waals surface area contributed by atoms with E-state index in [1.165, 1.54) is 0 Å². The van der Waals surface area contributed by atoms with Crippen molar-refractivity contribution in [2.24, 2.45) is 0 Å². The van der Waals surface area contributed by atoms with Crippen LogP contribution in [0.4, 0.5) is 4.79 Å². The maximum atomic E-state index is 11.4. The molecule has 1 aromatic rings. The Labute approximate surface area is 134 Å². The molecule has 0 heterocycles. The Morgan fingerprint density at radius 2 is 2.10 bits per heavy atom. The van der Waals surface area contributed by atoms with E-state index in [2.05, 4.69) is 33.1 Å². The van der Waals surface area contributed by atoms with Gasteiger partial charge in [-0.15, -0.1) is 0 Å². The number of hydrogen-bond acceptors (Lipinski definition) is 3. The monoisotopic (exact) mass is 353 g/mol. The molecular formula is C16H20BrNO3. The fourth-order valence-corrected chi connectivity index (χ4v) is 1.85. The van der Waals surface area contributed by atoms with E-state index in [1.54, 1.807) is 7.11 Å². The van der Waals surface area contributed by atoms with Gasteiger partial charge in [0.2, 0.25) is 0 Å². The molecule has 0 aromatic heterocycles. The van der Waals surface area contributed by atoms with Crippen molar-refractivity contribution in [2.45, 2.75) is 32.8 Å². The molecule has 0 spiro atoms. The summed E-state index contributed by atoms with van der Waals surface area (Å²) in [5.41, 5.74) is 0.385. The topological polar surface area (TPSA) is 47.6 Å². The van der Waals surface area contributed by atoms with Crippen molar-refractivity contribution in [3.05, 3.63) is 28.2 Å². The normalized spacial score (nSPS) is 10.3. The average Bonchev–Trinajstić information content (AvgIpc) is 2.38. The first kappa shape index (κ1) is 17.4. The standard InChI is InChI=1S/C16H20BrNO3/c1-16(2,3)21-15(19)18-10-6-5-7-12-8-9-13(17)14(11-12)20-4/h8-9,11H,6,10H2,1-4H3,(H,18,19). The molecule has 114 valence electrons. The van der Waals surface area contributed by atoms with Gasteiger partial charge in [-0.05, 0) is 54.9 Å². The van der Waals surface area contributed by atoms with Gasteiger partial charge in [-0.2, -0.15) is 0 Å². The van der Waals surface area contributed by atoms with E-state index in [0.29, 0.717) is 13.0 Å². The van der Waals surface area contributed by atoms with E-state index >= 15 is 0 Å². The number of ether oxygens (including phenoxy) is 2. The number of nitrogens with one attached hydrogen (secondary N) is 1. The van der Waals surface area contributed by atoms with Crippen LogP contribution in [0.1, 0.15) is 32.8 Å². The van der Waals surface area contributed by atoms with Crippen LogP contribution in [0.5, 0.6) is 5.75 Å². The number of benzene rings is 1. The molecule has 21 heavy (non-hydrogen) atoms. The summed E-state index contributed by atoms with van der Waals surface area (Å²) in [6.45, 7) is 5.93. The summed E-state index contributed by atoms with van der Waals surface area (Å²) in [6, 6.07) is 5.65. The van der Waals surface area contributed by atoms with Gasteiger partial charge in [0.15, 0.2) is 0 Å². The van der Waals surface area contributed by atoms with Gasteiger partial charge in [-0.1, -0.05) is 11.8 Å². The fourth-order valence-electron chi connectivity index (χ4n) is 1.44. The predicted molar refractivity (Wildman–Crippen MR) is 86.4 cm³/mol. The van der Waals surface area contributed by atoms with Crippen LogP contribution in [0, 0.1) is 11.8 Å². The number of alkyl carbamates (subject to hydrolysis) is 1. The highest BCUT2D eigenvalue weighted by Gasteiger charge is 2.15. The van der Waals surface area contributed by atoms with E-state index in [9.17, 15) is 4.79 Å². The zero-order valence-electron chi connectivity index (χ0n) is 12.7. The Morgan fingerprint density at radius 3 is 2.71 bits per heavy atom. The Hall–Kier alpha value is -1.67. The van der Waals surface area contributed by atoms with Gasteiger partial charge in [0.1, 0.15) is 11.4 Å². The second kappa shape index (κ2) is 7.94. The SMILES string of the molecule is COc1cc(C#CCCNC(=O)OC(C)(C)C)ccc1Br. The Bertz CT molecular complexity index is 553. The van der Waals surface area contributed by atoms with Crippen molar-refractivity contribution in [2.75, 3.05) is 13.7 Å². The molecule has 1 N–H and O–H groups in total. The highest BCUT2D eigenvalue weighted by molar-refractivity contribution is 9.10. The Morgan fingerprint density at radius 1 is 1.38 bits per heavy atom. The first-order valence-corrected chi connectivity index (χ1v) is 7.40. The lowest BCUT2D eigenvalue weighted by Crippen LogP contribution is -2.32. The first-order chi connectivity index (χ1) is 9.81. The molecule has 1 aromatic carbocycles. The molecule has 4 nitrogen and oxygen atoms in total. The van der Waals surface area contributed by atoms with Crippen LogP contribution in [0.15, 0.2) is 22.7 Å². The lowest BCUT2D eigenvalue weighted by Gasteiger charge is -2.19. The summed E-state index contributed by atoms with van der Waals surface area (Å²) in [6.07, 6.45) is 0.132. The number of hydrogen-bond donors (Lipinski definition) is 1. The molecule has 0 saturated heterocycles. The molecule has 0 bridgehead atoms. The summed E-state index contributed by atoms with van der Waals surface area (Å²) in [4.78, 5) is 11.4. The minimum atomic E-state index is -0.482. The van der Waals surface area contributed by atoms with Crippen LogP contribution in [0.2, 0.25) is 0 Å². The molecule has 1 rings (SSSR count). The number of amides is 1. The second-order valence-corrected chi connectivity index (χ2v) is 6.18. The maximum absolute atomic E-state index is 11.4. The molecule has 0 radical (unpaired) electrons. The van der Waals surface area contributed by atoms with E-state index < -0.39 is 11.7 Å². The third-order valence-corrected chi connectivity index (χ3v) is 2.96. The molecule has 0 saturated carbocycles. The van der Waals surface area contributed by atoms with Crippen LogP contribution >= 0.6 is 15.9 Å². The molecule has 0 aliphatic heterocycles. The third kappa shape index (κ3) is 7.05. The van der Waals surface area contributed by atoms with Crippen molar-refractivity contribution < 1.29 is 14.3 Å². The molecule has 0 unspecified atom stereocenters. The zero-order chi connectivity index (χ0) is 15.9. The number of carbonyl (C=O) groups excluding carboxylic acids is 1. The van der Waals surface area contributed by atoms with E-state index in [0.717, 1.165) is 15.8 Å². The zero-order valence-corrected chi connectivity index (χ0v) is 14.3. The molecule has 5 heteroatoms. The molecule has 0 fully saturated rings. The summed E-state index contributed by atoms with van der Waals surface area (Å²) in [5, 5.41) is 2.66. The first-order valence-electron chi connectivity index (χ1n) is 6.61. The van der Waals surface area contributed by atoms with Crippen LogP contribution in [0.3, 0.4) is 0 Å². The largest absolute Gasteiger partial charge is 0.496 e. The molecular weight excluding hydrogens is 334 g/mol. The average molecular weight is 354 g/mol. The van der Waals surface area contributed by atoms with Crippen LogP contribution < -0.4 is 10.1 Å². The molecule has 0 aliphatic rings. The van der Waals surface area contributed by atoms with Gasteiger partial charge in [0.05, 0.1) is 11.6 Å². The molecule has 0 aliphatic carbocycles. The van der Waals surface area contributed by atoms with Crippen LogP contribution in [-0.4, -0.2) is 25.3 Å². The van der Waals surface area contributed by atoms with Gasteiger partial charge in [0.25, 0.3) is 0 Å². The van der Waals surface area contributed by atoms with Gasteiger partial charge in [-0.25, -0.2) is 4.79 Å². The van der Waals surface area contributed by atoms with E-state index in [1.807, 2.05) is 39.0 Å². The number of carbonyl (C=O) groups is 1. The fraction of sp³-hybridized carbons (Fsp3) is 0.438. The van der Waals surface area contributed by atoms with Crippen LogP contribution in [0.25, 0.3) is 0 Å². The third-order valence-electron chi connectivity index (χ3n) is 2.30. The van der Waals surface area contributed by atoms with Crippen molar-refractivity contribution in [3.63, 3.8) is 0 Å². The van der Waals surface area contributed by atoms with E-state index in [-0.39, 0.29) is 0 Å². The summed E-state index contributed by atoms with van der Waals surface area (Å²) < 4.78 is 11.2. The van der Waals surface area contributed by atoms with Gasteiger partial charge < -0.3 is 14.8 Å². The summed E-state index contributed by atoms with van der Waals surface area (Å²) >= 11 is 3.39. The lowest BCUT2D eigenvalue weighted by molar-refractivity contribution is 0.0529. The highest BCUT2D eigenvalue weighted by atomic mass is 79.9. The Balaban J connectivity index is 2.42. The highest BCUT2D eigenvalue weighted by Crippen LogP contribution is 2.25. The molecule has 0 atom stereocenters. The van der Waals surface area contributed by atoms with Crippen molar-refractivity contribution in [3.8, 4) is 17.6 Å².